The van der Waals surface area contributed by atoms with Crippen LogP contribution in [0.3, 0.4) is 0 Å². The molecule has 2 heterocycles. The van der Waals surface area contributed by atoms with Crippen LogP contribution in [0.5, 0.6) is 0 Å². The number of nitrogens with one attached hydrogen (secondary N) is 2. The van der Waals surface area contributed by atoms with Crippen molar-refractivity contribution in [2.45, 2.75) is 45.1 Å². The van der Waals surface area contributed by atoms with E-state index in [1.807, 2.05) is 4.90 Å². The van der Waals surface area contributed by atoms with Crippen molar-refractivity contribution in [2.24, 2.45) is 5.92 Å². The van der Waals surface area contributed by atoms with E-state index in [1.165, 1.54) is 19.3 Å². The van der Waals surface area contributed by atoms with Gasteiger partial charge < -0.3 is 15.5 Å². The normalized spacial score (nSPS) is 29.4. The largest absolute Gasteiger partial charge is 0.338 e. The van der Waals surface area contributed by atoms with Crippen LogP contribution >= 0.6 is 0 Å². The molecule has 0 spiro atoms. The van der Waals surface area contributed by atoms with Crippen molar-refractivity contribution >= 4 is 6.03 Å². The molecule has 2 atom stereocenters. The van der Waals surface area contributed by atoms with Crippen LogP contribution in [0.2, 0.25) is 0 Å². The first-order chi connectivity index (χ1) is 8.25. The minimum atomic E-state index is 0.134. The SMILES string of the molecule is CC1CCCN(C(=O)NCC[C@@H]2CCCN2)C1. The van der Waals surface area contributed by atoms with E-state index in [4.69, 9.17) is 0 Å². The summed E-state index contributed by atoms with van der Waals surface area (Å²) in [5, 5.41) is 6.50. The van der Waals surface area contributed by atoms with Gasteiger partial charge in [0.25, 0.3) is 0 Å². The molecule has 1 unspecified atom stereocenters. The molecule has 0 aliphatic carbocycles. The third-order valence-corrected chi connectivity index (χ3v) is 3.88. The molecule has 17 heavy (non-hydrogen) atoms. The smallest absolute Gasteiger partial charge is 0.317 e. The zero-order valence-corrected chi connectivity index (χ0v) is 10.9. The fourth-order valence-corrected chi connectivity index (χ4v) is 2.84. The highest BCUT2D eigenvalue weighted by Gasteiger charge is 2.21. The van der Waals surface area contributed by atoms with E-state index in [0.717, 1.165) is 39.0 Å². The van der Waals surface area contributed by atoms with Crippen LogP contribution < -0.4 is 10.6 Å². The topological polar surface area (TPSA) is 44.4 Å². The van der Waals surface area contributed by atoms with Gasteiger partial charge in [0.2, 0.25) is 0 Å². The van der Waals surface area contributed by atoms with Crippen molar-refractivity contribution in [2.75, 3.05) is 26.2 Å². The molecule has 98 valence electrons. The van der Waals surface area contributed by atoms with Gasteiger partial charge in [-0.25, -0.2) is 4.79 Å². The molecule has 4 nitrogen and oxygen atoms in total. The van der Waals surface area contributed by atoms with E-state index < -0.39 is 0 Å². The van der Waals surface area contributed by atoms with Crippen molar-refractivity contribution in [3.63, 3.8) is 0 Å². The summed E-state index contributed by atoms with van der Waals surface area (Å²) in [5.74, 6) is 0.658. The van der Waals surface area contributed by atoms with Crippen molar-refractivity contribution in [3.05, 3.63) is 0 Å². The van der Waals surface area contributed by atoms with Crippen LogP contribution in [-0.4, -0.2) is 43.2 Å². The molecular weight excluding hydrogens is 214 g/mol. The van der Waals surface area contributed by atoms with E-state index in [9.17, 15) is 4.79 Å². The molecule has 0 saturated carbocycles. The average molecular weight is 239 g/mol. The fraction of sp³-hybridized carbons (Fsp3) is 0.923. The predicted molar refractivity (Wildman–Crippen MR) is 69.0 cm³/mol. The Labute approximate surface area is 104 Å². The predicted octanol–water partition coefficient (Wildman–Crippen LogP) is 1.57. The van der Waals surface area contributed by atoms with Crippen LogP contribution in [0, 0.1) is 5.92 Å². The average Bonchev–Trinajstić information content (AvgIpc) is 2.82. The van der Waals surface area contributed by atoms with Crippen molar-refractivity contribution in [3.8, 4) is 0 Å². The quantitative estimate of drug-likeness (QED) is 0.785. The van der Waals surface area contributed by atoms with E-state index in [-0.39, 0.29) is 6.03 Å². The number of piperidine rings is 1. The van der Waals surface area contributed by atoms with E-state index in [2.05, 4.69) is 17.6 Å². The first-order valence-corrected chi connectivity index (χ1v) is 7.02. The molecule has 0 bridgehead atoms. The molecule has 0 aromatic rings. The van der Waals surface area contributed by atoms with Gasteiger partial charge in [-0.15, -0.1) is 0 Å². The number of likely N-dealkylation sites (tertiary alicyclic amines) is 1. The number of rotatable bonds is 3. The van der Waals surface area contributed by atoms with Gasteiger partial charge in [-0.3, -0.25) is 0 Å². The van der Waals surface area contributed by atoms with Crippen LogP contribution in [-0.2, 0) is 0 Å². The highest BCUT2D eigenvalue weighted by Crippen LogP contribution is 2.15. The van der Waals surface area contributed by atoms with Gasteiger partial charge >= 0.3 is 6.03 Å². The molecule has 0 aromatic carbocycles. The second kappa shape index (κ2) is 6.24. The Bertz CT molecular complexity index is 251. The number of hydrogen-bond donors (Lipinski definition) is 2. The summed E-state index contributed by atoms with van der Waals surface area (Å²) < 4.78 is 0. The molecule has 2 saturated heterocycles. The molecule has 2 amide bonds. The highest BCUT2D eigenvalue weighted by atomic mass is 16.2. The number of urea groups is 1. The number of nitrogens with zero attached hydrogens (tertiary/aromatic N) is 1. The van der Waals surface area contributed by atoms with Gasteiger partial charge in [-0.1, -0.05) is 6.92 Å². The van der Waals surface area contributed by atoms with Gasteiger partial charge in [0.05, 0.1) is 0 Å². The maximum absolute atomic E-state index is 11.9. The van der Waals surface area contributed by atoms with Gasteiger partial charge in [0.1, 0.15) is 0 Å². The third kappa shape index (κ3) is 3.87. The minimum Gasteiger partial charge on any atom is -0.338 e. The van der Waals surface area contributed by atoms with Crippen molar-refractivity contribution in [1.82, 2.24) is 15.5 Å². The summed E-state index contributed by atoms with van der Waals surface area (Å²) in [6.45, 7) is 6.02. The maximum Gasteiger partial charge on any atom is 0.317 e. The second-order valence-electron chi connectivity index (χ2n) is 5.51. The fourth-order valence-electron chi connectivity index (χ4n) is 2.84. The lowest BCUT2D eigenvalue weighted by Gasteiger charge is -2.31. The Morgan fingerprint density at radius 3 is 3.00 bits per heavy atom. The number of carbonyl (C=O) groups is 1. The first kappa shape index (κ1) is 12.7. The summed E-state index contributed by atoms with van der Waals surface area (Å²) >= 11 is 0. The molecule has 4 heteroatoms. The lowest BCUT2D eigenvalue weighted by molar-refractivity contribution is 0.169. The zero-order chi connectivity index (χ0) is 12.1. The first-order valence-electron chi connectivity index (χ1n) is 7.02. The van der Waals surface area contributed by atoms with Crippen LogP contribution in [0.15, 0.2) is 0 Å². The number of hydrogen-bond acceptors (Lipinski definition) is 2. The third-order valence-electron chi connectivity index (χ3n) is 3.88. The summed E-state index contributed by atoms with van der Waals surface area (Å²) in [5.41, 5.74) is 0. The minimum absolute atomic E-state index is 0.134. The summed E-state index contributed by atoms with van der Waals surface area (Å²) in [4.78, 5) is 13.9. The van der Waals surface area contributed by atoms with Gasteiger partial charge in [0.15, 0.2) is 0 Å². The maximum atomic E-state index is 11.9. The van der Waals surface area contributed by atoms with E-state index in [1.54, 1.807) is 0 Å². The molecule has 2 aliphatic heterocycles. The van der Waals surface area contributed by atoms with Gasteiger partial charge in [-0.05, 0) is 44.6 Å². The standard InChI is InChI=1S/C13H25N3O/c1-11-4-3-9-16(10-11)13(17)15-8-6-12-5-2-7-14-12/h11-12,14H,2-10H2,1H3,(H,15,17)/t11?,12-/m0/s1. The van der Waals surface area contributed by atoms with Crippen LogP contribution in [0.4, 0.5) is 4.79 Å². The molecule has 0 aromatic heterocycles. The summed E-state index contributed by atoms with van der Waals surface area (Å²) in [7, 11) is 0. The molecule has 2 N–H and O–H groups in total. The lowest BCUT2D eigenvalue weighted by Crippen LogP contribution is -2.45. The Morgan fingerprint density at radius 2 is 2.29 bits per heavy atom. The van der Waals surface area contributed by atoms with Gasteiger partial charge in [0, 0.05) is 25.7 Å². The molecular formula is C13H25N3O. The van der Waals surface area contributed by atoms with Crippen LogP contribution in [0.1, 0.15) is 39.0 Å². The van der Waals surface area contributed by atoms with Crippen LogP contribution in [0.25, 0.3) is 0 Å². The molecule has 2 fully saturated rings. The highest BCUT2D eigenvalue weighted by molar-refractivity contribution is 5.74. The second-order valence-corrected chi connectivity index (χ2v) is 5.51. The lowest BCUT2D eigenvalue weighted by atomic mass is 10.0. The van der Waals surface area contributed by atoms with Crippen molar-refractivity contribution in [1.29, 1.82) is 0 Å². The number of carbonyl (C=O) groups excluding carboxylic acids is 1. The zero-order valence-electron chi connectivity index (χ0n) is 10.9. The Kier molecular flexibility index (Phi) is 4.66. The molecule has 0 radical (unpaired) electrons. The number of amides is 2. The van der Waals surface area contributed by atoms with Gasteiger partial charge in [-0.2, -0.15) is 0 Å². The monoisotopic (exact) mass is 239 g/mol. The van der Waals surface area contributed by atoms with Crippen molar-refractivity contribution < 1.29 is 4.79 Å². The summed E-state index contributed by atoms with van der Waals surface area (Å²) in [6.07, 6.45) is 6.02. The molecule has 2 rings (SSSR count). The summed E-state index contributed by atoms with van der Waals surface area (Å²) in [6, 6.07) is 0.755. The Morgan fingerprint density at radius 1 is 1.41 bits per heavy atom. The van der Waals surface area contributed by atoms with E-state index >= 15 is 0 Å². The molecule has 2 aliphatic rings. The Hall–Kier alpha value is -0.770. The Balaban J connectivity index is 1.62. The van der Waals surface area contributed by atoms with E-state index in [0.29, 0.717) is 12.0 Å².